The van der Waals surface area contributed by atoms with Crippen LogP contribution < -0.4 is 0 Å². The van der Waals surface area contributed by atoms with Crippen molar-refractivity contribution < 1.29 is 9.53 Å². The Bertz CT molecular complexity index is 804. The summed E-state index contributed by atoms with van der Waals surface area (Å²) < 4.78 is 6.69. The van der Waals surface area contributed by atoms with Gasteiger partial charge in [0.15, 0.2) is 0 Å². The second-order valence-corrected chi connectivity index (χ2v) is 18.5. The fourth-order valence-corrected chi connectivity index (χ4v) is 10.2. The fraction of sp³-hybridized carbons (Fsp3) is 0.944. The van der Waals surface area contributed by atoms with Crippen LogP contribution in [0.4, 0.5) is 0 Å². The Hall–Kier alpha value is -0.790. The molecule has 0 bridgehead atoms. The highest BCUT2D eigenvalue weighted by atomic mass is 16.5. The molecule has 0 aliphatic carbocycles. The van der Waals surface area contributed by atoms with E-state index in [0.29, 0.717) is 12.5 Å². The van der Waals surface area contributed by atoms with E-state index in [2.05, 4.69) is 60.6 Å². The van der Waals surface area contributed by atoms with Gasteiger partial charge in [0, 0.05) is 0 Å². The second kappa shape index (κ2) is 41.0. The van der Waals surface area contributed by atoms with Crippen molar-refractivity contribution in [2.24, 2.45) is 16.7 Å². The van der Waals surface area contributed by atoms with Gasteiger partial charge in [-0.15, -0.1) is 0 Å². The molecule has 1 atom stereocenters. The lowest BCUT2D eigenvalue weighted by atomic mass is 9.48. The van der Waals surface area contributed by atoms with Crippen LogP contribution in [0.15, 0.2) is 12.2 Å². The first-order valence-corrected chi connectivity index (χ1v) is 26.3. The molecule has 0 amide bonds. The van der Waals surface area contributed by atoms with Crippen molar-refractivity contribution in [1.82, 2.24) is 0 Å². The van der Waals surface area contributed by atoms with Crippen LogP contribution in [0.25, 0.3) is 0 Å². The molecule has 0 rings (SSSR count). The molecule has 0 aromatic heterocycles. The average Bonchev–Trinajstić information content (AvgIpc) is 3.21. The molecule has 0 fully saturated rings. The lowest BCUT2D eigenvalue weighted by molar-refractivity contribution is -0.177. The molecule has 0 aliphatic rings. The average molecular weight is 787 g/mol. The predicted octanol–water partition coefficient (Wildman–Crippen LogP) is 19.4. The lowest BCUT2D eigenvalue weighted by Crippen LogP contribution is -2.53. The maximum atomic E-state index is 15.5. The third kappa shape index (κ3) is 25.6. The minimum atomic E-state index is -0.357. The highest BCUT2D eigenvalue weighted by molar-refractivity contribution is 5.78. The van der Waals surface area contributed by atoms with Gasteiger partial charge in [0.25, 0.3) is 0 Å². The van der Waals surface area contributed by atoms with Crippen LogP contribution in [0.2, 0.25) is 0 Å². The first-order chi connectivity index (χ1) is 27.5. The van der Waals surface area contributed by atoms with Crippen molar-refractivity contribution in [1.29, 1.82) is 0 Å². The van der Waals surface area contributed by atoms with E-state index in [9.17, 15) is 0 Å². The van der Waals surface area contributed by atoms with Gasteiger partial charge in [-0.05, 0) is 82.0 Å². The third-order valence-electron chi connectivity index (χ3n) is 13.7. The van der Waals surface area contributed by atoms with E-state index in [1.165, 1.54) is 238 Å². The Labute approximate surface area is 355 Å². The molecule has 0 aromatic rings. The van der Waals surface area contributed by atoms with Crippen LogP contribution >= 0.6 is 0 Å². The Balaban J connectivity index is 7.02. The summed E-state index contributed by atoms with van der Waals surface area (Å²) in [5.74, 6) is 0.851. The number of allylic oxidation sites excluding steroid dienone is 2. The lowest BCUT2D eigenvalue weighted by Gasteiger charge is -2.55. The quantitative estimate of drug-likeness (QED) is 0.0349. The van der Waals surface area contributed by atoms with Gasteiger partial charge < -0.3 is 4.74 Å². The van der Waals surface area contributed by atoms with E-state index in [1.54, 1.807) is 0 Å². The smallest absolute Gasteiger partial charge is 0.312 e. The number of hydrogen-bond donors (Lipinski definition) is 0. The minimum absolute atomic E-state index is 0.0350. The molecule has 0 saturated heterocycles. The summed E-state index contributed by atoms with van der Waals surface area (Å²) in [5, 5.41) is 0. The van der Waals surface area contributed by atoms with Gasteiger partial charge in [-0.1, -0.05) is 247 Å². The zero-order valence-electron chi connectivity index (χ0n) is 40.0. The minimum Gasteiger partial charge on any atom is -0.465 e. The SMILES string of the molecule is CCCCCCCC/C=C\CCCCC(CCCCCC)C(CCCCCC)(CCCCCC)C(CCCCCC)(CCCCCC)C(=O)OCCCCCC. The molecule has 0 spiro atoms. The van der Waals surface area contributed by atoms with Gasteiger partial charge >= 0.3 is 5.97 Å². The molecule has 1 unspecified atom stereocenters. The normalized spacial score (nSPS) is 12.9. The van der Waals surface area contributed by atoms with Crippen LogP contribution in [0.5, 0.6) is 0 Å². The highest BCUT2D eigenvalue weighted by Crippen LogP contribution is 2.61. The zero-order chi connectivity index (χ0) is 41.3. The number of esters is 1. The Morgan fingerprint density at radius 2 is 0.714 bits per heavy atom. The van der Waals surface area contributed by atoms with Gasteiger partial charge in [0.2, 0.25) is 0 Å². The zero-order valence-corrected chi connectivity index (χ0v) is 40.0. The molecular weight excluding hydrogens is 681 g/mol. The molecule has 0 radical (unpaired) electrons. The largest absolute Gasteiger partial charge is 0.465 e. The van der Waals surface area contributed by atoms with E-state index in [-0.39, 0.29) is 16.8 Å². The van der Waals surface area contributed by atoms with E-state index < -0.39 is 0 Å². The summed E-state index contributed by atoms with van der Waals surface area (Å²) in [7, 11) is 0. The topological polar surface area (TPSA) is 26.3 Å². The van der Waals surface area contributed by atoms with Gasteiger partial charge in [-0.3, -0.25) is 4.79 Å². The summed E-state index contributed by atoms with van der Waals surface area (Å²) in [6.07, 6.45) is 55.8. The van der Waals surface area contributed by atoms with Crippen molar-refractivity contribution >= 4 is 5.97 Å². The summed E-state index contributed by atoms with van der Waals surface area (Å²) >= 11 is 0. The van der Waals surface area contributed by atoms with Crippen molar-refractivity contribution in [3.05, 3.63) is 12.2 Å². The monoisotopic (exact) mass is 787 g/mol. The van der Waals surface area contributed by atoms with Crippen molar-refractivity contribution in [2.75, 3.05) is 6.61 Å². The number of ether oxygens (including phenoxy) is 1. The van der Waals surface area contributed by atoms with Crippen LogP contribution in [-0.2, 0) is 9.53 Å². The third-order valence-corrected chi connectivity index (χ3v) is 13.7. The van der Waals surface area contributed by atoms with E-state index in [1.807, 2.05) is 0 Å². The number of carbonyl (C=O) groups is 1. The number of rotatable bonds is 45. The first kappa shape index (κ1) is 55.2. The molecule has 0 heterocycles. The van der Waals surface area contributed by atoms with Gasteiger partial charge in [-0.2, -0.15) is 0 Å². The van der Waals surface area contributed by atoms with Crippen molar-refractivity contribution in [2.45, 2.75) is 305 Å². The van der Waals surface area contributed by atoms with Gasteiger partial charge in [0.05, 0.1) is 12.0 Å². The molecule has 0 aliphatic heterocycles. The molecule has 56 heavy (non-hydrogen) atoms. The number of unbranched alkanes of at least 4 members (excludes halogenated alkanes) is 26. The molecule has 334 valence electrons. The molecule has 2 nitrogen and oxygen atoms in total. The van der Waals surface area contributed by atoms with E-state index in [4.69, 9.17) is 4.74 Å². The van der Waals surface area contributed by atoms with Gasteiger partial charge in [0.1, 0.15) is 0 Å². The summed E-state index contributed by atoms with van der Waals surface area (Å²) in [5.41, 5.74) is -0.322. The molecule has 0 aromatic carbocycles. The standard InChI is InChI=1S/C54H106O2/c1-8-15-22-29-30-31-32-33-34-35-36-38-45-51(44-37-23-16-9-2)53(46-39-24-17-10-3,47-40-25-18-11-4)54(48-41-26-19-12-5,49-42-27-20-13-6)52(55)56-50-43-28-21-14-7/h33-34,51H,8-32,35-50H2,1-7H3/b34-33-. The number of hydrogen-bond acceptors (Lipinski definition) is 2. The van der Waals surface area contributed by atoms with Crippen LogP contribution in [0.3, 0.4) is 0 Å². The molecule has 0 N–H and O–H groups in total. The fourth-order valence-electron chi connectivity index (χ4n) is 10.2. The summed E-state index contributed by atoms with van der Waals surface area (Å²) in [6.45, 7) is 17.0. The van der Waals surface area contributed by atoms with Crippen molar-refractivity contribution in [3.8, 4) is 0 Å². The van der Waals surface area contributed by atoms with Gasteiger partial charge in [-0.25, -0.2) is 0 Å². The maximum Gasteiger partial charge on any atom is 0.312 e. The predicted molar refractivity (Wildman–Crippen MR) is 253 cm³/mol. The summed E-state index contributed by atoms with van der Waals surface area (Å²) in [6, 6.07) is 0. The molecule has 0 saturated carbocycles. The Morgan fingerprint density at radius 3 is 1.16 bits per heavy atom. The molecular formula is C54H106O2. The van der Waals surface area contributed by atoms with E-state index >= 15 is 4.79 Å². The van der Waals surface area contributed by atoms with Crippen LogP contribution in [0, 0.1) is 16.7 Å². The molecule has 2 heteroatoms. The van der Waals surface area contributed by atoms with Crippen LogP contribution in [-0.4, -0.2) is 12.6 Å². The summed E-state index contributed by atoms with van der Waals surface area (Å²) in [4.78, 5) is 15.5. The van der Waals surface area contributed by atoms with E-state index in [0.717, 1.165) is 19.3 Å². The Kier molecular flexibility index (Phi) is 40.4. The van der Waals surface area contributed by atoms with Crippen molar-refractivity contribution in [3.63, 3.8) is 0 Å². The van der Waals surface area contributed by atoms with Crippen LogP contribution in [0.1, 0.15) is 305 Å². The second-order valence-electron chi connectivity index (χ2n) is 18.5. The maximum absolute atomic E-state index is 15.5. The first-order valence-electron chi connectivity index (χ1n) is 26.3. The Morgan fingerprint density at radius 1 is 0.393 bits per heavy atom. The number of carbonyl (C=O) groups excluding carboxylic acids is 1. The highest BCUT2D eigenvalue weighted by Gasteiger charge is 2.58.